The molecule has 0 spiro atoms. The lowest BCUT2D eigenvalue weighted by molar-refractivity contribution is -0.118. The SMILES string of the molecule is CC(=O)NCCCCCCNC(=N)OC(=O)OCc1ccccc1. The van der Waals surface area contributed by atoms with Gasteiger partial charge in [-0.3, -0.25) is 10.2 Å². The van der Waals surface area contributed by atoms with E-state index in [9.17, 15) is 9.59 Å². The zero-order valence-electron chi connectivity index (χ0n) is 14.0. The van der Waals surface area contributed by atoms with Crippen molar-refractivity contribution in [3.63, 3.8) is 0 Å². The third-order valence-electron chi connectivity index (χ3n) is 3.15. The molecule has 24 heavy (non-hydrogen) atoms. The van der Waals surface area contributed by atoms with Crippen LogP contribution in [0.15, 0.2) is 30.3 Å². The van der Waals surface area contributed by atoms with Crippen molar-refractivity contribution >= 4 is 18.1 Å². The largest absolute Gasteiger partial charge is 0.516 e. The van der Waals surface area contributed by atoms with Gasteiger partial charge < -0.3 is 20.1 Å². The number of carbonyl (C=O) groups is 2. The van der Waals surface area contributed by atoms with Crippen molar-refractivity contribution in [3.8, 4) is 0 Å². The molecule has 132 valence electrons. The van der Waals surface area contributed by atoms with Gasteiger partial charge in [-0.1, -0.05) is 43.2 Å². The second kappa shape index (κ2) is 11.9. The molecule has 1 aromatic carbocycles. The van der Waals surface area contributed by atoms with Crippen LogP contribution in [-0.4, -0.2) is 31.2 Å². The Hall–Kier alpha value is -2.57. The van der Waals surface area contributed by atoms with E-state index in [4.69, 9.17) is 14.9 Å². The Bertz CT molecular complexity index is 520. The molecule has 1 rings (SSSR count). The number of rotatable bonds is 9. The molecule has 0 fully saturated rings. The Morgan fingerprint density at radius 3 is 2.25 bits per heavy atom. The summed E-state index contributed by atoms with van der Waals surface area (Å²) < 4.78 is 9.62. The van der Waals surface area contributed by atoms with Crippen molar-refractivity contribution in [3.05, 3.63) is 35.9 Å². The summed E-state index contributed by atoms with van der Waals surface area (Å²) in [5.74, 6) is -0.0126. The molecular formula is C17H25N3O4. The first-order valence-electron chi connectivity index (χ1n) is 8.03. The molecule has 0 saturated carbocycles. The van der Waals surface area contributed by atoms with Crippen molar-refractivity contribution < 1.29 is 19.1 Å². The zero-order chi connectivity index (χ0) is 17.6. The van der Waals surface area contributed by atoms with Gasteiger partial charge in [-0.05, 0) is 18.4 Å². The minimum absolute atomic E-state index is 0.0126. The molecule has 0 bridgehead atoms. The highest BCUT2D eigenvalue weighted by Gasteiger charge is 2.08. The summed E-state index contributed by atoms with van der Waals surface area (Å²) in [6, 6.07) is 8.94. The van der Waals surface area contributed by atoms with Gasteiger partial charge in [-0.2, -0.15) is 0 Å². The van der Waals surface area contributed by atoms with Crippen LogP contribution in [0.1, 0.15) is 38.2 Å². The van der Waals surface area contributed by atoms with Gasteiger partial charge >= 0.3 is 6.16 Å². The number of ether oxygens (including phenoxy) is 2. The van der Waals surface area contributed by atoms with E-state index in [1.165, 1.54) is 6.92 Å². The van der Waals surface area contributed by atoms with Crippen LogP contribution in [0.2, 0.25) is 0 Å². The first-order valence-corrected chi connectivity index (χ1v) is 8.03. The molecule has 7 heteroatoms. The predicted molar refractivity (Wildman–Crippen MR) is 90.6 cm³/mol. The van der Waals surface area contributed by atoms with Crippen LogP contribution < -0.4 is 10.6 Å². The van der Waals surface area contributed by atoms with E-state index in [1.54, 1.807) is 0 Å². The van der Waals surface area contributed by atoms with Gasteiger partial charge in [0.1, 0.15) is 6.61 Å². The van der Waals surface area contributed by atoms with Crippen LogP contribution in [0, 0.1) is 5.41 Å². The van der Waals surface area contributed by atoms with E-state index in [2.05, 4.69) is 10.6 Å². The Balaban J connectivity index is 1.99. The maximum atomic E-state index is 11.4. The second-order valence-corrected chi connectivity index (χ2v) is 5.28. The smallest absolute Gasteiger partial charge is 0.429 e. The Morgan fingerprint density at radius 2 is 1.62 bits per heavy atom. The van der Waals surface area contributed by atoms with Gasteiger partial charge in [-0.15, -0.1) is 0 Å². The zero-order valence-corrected chi connectivity index (χ0v) is 14.0. The summed E-state index contributed by atoms with van der Waals surface area (Å²) in [7, 11) is 0. The van der Waals surface area contributed by atoms with Gasteiger partial charge in [0.2, 0.25) is 5.91 Å². The Morgan fingerprint density at radius 1 is 1.00 bits per heavy atom. The molecule has 0 aliphatic carbocycles. The van der Waals surface area contributed by atoms with Crippen LogP contribution in [0.25, 0.3) is 0 Å². The van der Waals surface area contributed by atoms with E-state index in [0.717, 1.165) is 31.2 Å². The summed E-state index contributed by atoms with van der Waals surface area (Å²) in [5, 5.41) is 13.0. The fraction of sp³-hybridized carbons (Fsp3) is 0.471. The van der Waals surface area contributed by atoms with Gasteiger partial charge in [0.05, 0.1) is 0 Å². The molecule has 0 aliphatic heterocycles. The summed E-state index contributed by atoms with van der Waals surface area (Å²) in [6.07, 6.45) is 2.85. The molecule has 0 unspecified atom stereocenters. The van der Waals surface area contributed by atoms with E-state index >= 15 is 0 Å². The average Bonchev–Trinajstić information content (AvgIpc) is 2.56. The van der Waals surface area contributed by atoms with Crippen LogP contribution in [0.3, 0.4) is 0 Å². The van der Waals surface area contributed by atoms with Crippen molar-refractivity contribution in [2.75, 3.05) is 13.1 Å². The number of carbonyl (C=O) groups excluding carboxylic acids is 2. The van der Waals surface area contributed by atoms with Gasteiger partial charge in [0.25, 0.3) is 6.02 Å². The van der Waals surface area contributed by atoms with Gasteiger partial charge in [-0.25, -0.2) is 4.79 Å². The molecule has 1 amide bonds. The number of nitrogens with one attached hydrogen (secondary N) is 3. The van der Waals surface area contributed by atoms with E-state index in [1.807, 2.05) is 30.3 Å². The molecule has 0 atom stereocenters. The lowest BCUT2D eigenvalue weighted by Crippen LogP contribution is -2.28. The van der Waals surface area contributed by atoms with Crippen molar-refractivity contribution in [2.24, 2.45) is 0 Å². The number of benzene rings is 1. The minimum Gasteiger partial charge on any atom is -0.429 e. The molecular weight excluding hydrogens is 310 g/mol. The lowest BCUT2D eigenvalue weighted by Gasteiger charge is -2.08. The predicted octanol–water partition coefficient (Wildman–Crippen LogP) is 2.56. The molecule has 1 aromatic rings. The number of amidine groups is 1. The standard InChI is InChI=1S/C17H25N3O4/c1-14(21)19-11-7-2-3-8-12-20-16(18)24-17(22)23-13-15-9-5-4-6-10-15/h4-6,9-10H,2-3,7-8,11-13H2,1H3,(H2,18,20)(H,19,21). The van der Waals surface area contributed by atoms with Crippen molar-refractivity contribution in [1.82, 2.24) is 10.6 Å². The quantitative estimate of drug-likeness (QED) is 0.279. The highest BCUT2D eigenvalue weighted by Crippen LogP contribution is 2.02. The third kappa shape index (κ3) is 10.2. The lowest BCUT2D eigenvalue weighted by atomic mass is 10.2. The maximum Gasteiger partial charge on any atom is 0.516 e. The number of hydrogen-bond donors (Lipinski definition) is 3. The monoisotopic (exact) mass is 335 g/mol. The minimum atomic E-state index is -0.897. The molecule has 7 nitrogen and oxygen atoms in total. The number of hydrogen-bond acceptors (Lipinski definition) is 5. The number of unbranched alkanes of at least 4 members (excludes halogenated alkanes) is 3. The summed E-state index contributed by atoms with van der Waals surface area (Å²) in [5.41, 5.74) is 0.855. The first-order chi connectivity index (χ1) is 11.6. The van der Waals surface area contributed by atoms with Crippen LogP contribution in [0.5, 0.6) is 0 Å². The third-order valence-corrected chi connectivity index (χ3v) is 3.15. The van der Waals surface area contributed by atoms with Gasteiger partial charge in [0, 0.05) is 20.0 Å². The molecule has 0 aliphatic rings. The van der Waals surface area contributed by atoms with E-state index in [-0.39, 0.29) is 18.5 Å². The summed E-state index contributed by atoms with van der Waals surface area (Å²) in [6.45, 7) is 2.85. The fourth-order valence-corrected chi connectivity index (χ4v) is 1.94. The van der Waals surface area contributed by atoms with E-state index < -0.39 is 6.16 Å². The highest BCUT2D eigenvalue weighted by atomic mass is 16.7. The molecule has 0 saturated heterocycles. The maximum absolute atomic E-state index is 11.4. The number of amides is 1. The van der Waals surface area contributed by atoms with Crippen LogP contribution in [0.4, 0.5) is 4.79 Å². The van der Waals surface area contributed by atoms with E-state index in [0.29, 0.717) is 13.1 Å². The molecule has 0 aromatic heterocycles. The van der Waals surface area contributed by atoms with Crippen molar-refractivity contribution in [1.29, 1.82) is 5.41 Å². The summed E-state index contributed by atoms with van der Waals surface area (Å²) >= 11 is 0. The Labute approximate surface area is 142 Å². The van der Waals surface area contributed by atoms with Gasteiger partial charge in [0.15, 0.2) is 0 Å². The van der Waals surface area contributed by atoms with Crippen molar-refractivity contribution in [2.45, 2.75) is 39.2 Å². The first kappa shape index (κ1) is 19.5. The second-order valence-electron chi connectivity index (χ2n) is 5.28. The Kier molecular flexibility index (Phi) is 9.68. The fourth-order valence-electron chi connectivity index (χ4n) is 1.94. The average molecular weight is 335 g/mol. The molecule has 3 N–H and O–H groups in total. The van der Waals surface area contributed by atoms with Crippen LogP contribution >= 0.6 is 0 Å². The highest BCUT2D eigenvalue weighted by molar-refractivity contribution is 5.82. The summed E-state index contributed by atoms with van der Waals surface area (Å²) in [4.78, 5) is 22.1. The van der Waals surface area contributed by atoms with Crippen LogP contribution in [-0.2, 0) is 20.9 Å². The normalized spacial score (nSPS) is 9.88. The molecule has 0 radical (unpaired) electrons. The molecule has 0 heterocycles. The topological polar surface area (TPSA) is 101 Å².